The molecule has 2 saturated carbocycles. The van der Waals surface area contributed by atoms with Crippen molar-refractivity contribution < 1.29 is 17.1 Å². The number of fused-ring (bicyclic) bond motifs is 5. The maximum Gasteiger partial charge on any atom is 0.311 e. The van der Waals surface area contributed by atoms with Gasteiger partial charge in [-0.05, 0) is 85.1 Å². The summed E-state index contributed by atoms with van der Waals surface area (Å²) in [6.45, 7) is 2.19. The quantitative estimate of drug-likeness (QED) is 0.488. The summed E-state index contributed by atoms with van der Waals surface area (Å²) in [6, 6.07) is 14.9. The molecule has 0 aromatic heterocycles. The van der Waals surface area contributed by atoms with E-state index in [-0.39, 0.29) is 5.41 Å². The molecule has 0 bridgehead atoms. The van der Waals surface area contributed by atoms with Crippen LogP contribution in [0, 0.1) is 17.3 Å². The zero-order valence-corrected chi connectivity index (χ0v) is 17.5. The molecule has 2 fully saturated rings. The molecular weight excluding hydrogens is 372 g/mol. The van der Waals surface area contributed by atoms with Gasteiger partial charge in [-0.25, -0.2) is 0 Å². The van der Waals surface area contributed by atoms with E-state index < -0.39 is 18.8 Å². The molecular formula is C27H30O3. The number of hydrogen-bond acceptors (Lipinski definition) is 3. The molecule has 0 N–H and O–H groups in total. The summed E-state index contributed by atoms with van der Waals surface area (Å²) < 4.78 is 22.0. The second-order valence-electron chi connectivity index (χ2n) is 9.36. The van der Waals surface area contributed by atoms with Crippen molar-refractivity contribution >= 4 is 11.8 Å². The molecule has 0 aliphatic heterocycles. The van der Waals surface area contributed by atoms with Gasteiger partial charge >= 0.3 is 5.97 Å². The number of carbonyl (C=O) groups is 2. The number of ketones is 1. The zero-order chi connectivity index (χ0) is 22.5. The van der Waals surface area contributed by atoms with E-state index in [2.05, 4.69) is 13.0 Å². The number of rotatable bonds is 4. The van der Waals surface area contributed by atoms with Crippen LogP contribution in [0.1, 0.15) is 70.8 Å². The molecule has 2 aromatic rings. The number of ether oxygens (including phenoxy) is 1. The monoisotopic (exact) mass is 404 g/mol. The Bertz CT molecular complexity index is 1040. The summed E-state index contributed by atoms with van der Waals surface area (Å²) in [4.78, 5) is 25.1. The first kappa shape index (κ1) is 17.3. The highest BCUT2D eigenvalue weighted by molar-refractivity contribution is 5.87. The van der Waals surface area contributed by atoms with Crippen LogP contribution in [-0.4, -0.2) is 11.8 Å². The van der Waals surface area contributed by atoms with Gasteiger partial charge in [-0.1, -0.05) is 43.3 Å². The van der Waals surface area contributed by atoms with E-state index in [0.717, 1.165) is 38.5 Å². The molecule has 2 aromatic carbocycles. The van der Waals surface area contributed by atoms with Gasteiger partial charge < -0.3 is 4.74 Å². The van der Waals surface area contributed by atoms with Crippen LogP contribution in [0.3, 0.4) is 0 Å². The van der Waals surface area contributed by atoms with E-state index >= 15 is 0 Å². The molecule has 3 heteroatoms. The highest BCUT2D eigenvalue weighted by Gasteiger charge is 2.54. The Kier molecular flexibility index (Phi) is 4.43. The van der Waals surface area contributed by atoms with Crippen molar-refractivity contribution in [1.29, 1.82) is 0 Å². The summed E-state index contributed by atoms with van der Waals surface area (Å²) >= 11 is 0. The first-order chi connectivity index (χ1) is 15.4. The second-order valence-corrected chi connectivity index (χ2v) is 9.36. The van der Waals surface area contributed by atoms with Crippen LogP contribution in [0.5, 0.6) is 5.75 Å². The average molecular weight is 405 g/mol. The fraction of sp³-hybridized carbons (Fsp3) is 0.481. The Labute approximate surface area is 181 Å². The lowest BCUT2D eigenvalue weighted by atomic mass is 9.55. The van der Waals surface area contributed by atoms with Crippen molar-refractivity contribution in [2.45, 2.75) is 64.2 Å². The van der Waals surface area contributed by atoms with Gasteiger partial charge in [0.25, 0.3) is 0 Å². The van der Waals surface area contributed by atoms with Crippen molar-refractivity contribution in [2.24, 2.45) is 17.3 Å². The van der Waals surface area contributed by atoms with E-state index in [0.29, 0.717) is 34.8 Å². The summed E-state index contributed by atoms with van der Waals surface area (Å²) in [6.07, 6.45) is 3.51. The van der Waals surface area contributed by atoms with Gasteiger partial charge in [0.15, 0.2) is 0 Å². The first-order valence-corrected chi connectivity index (χ1v) is 11.2. The number of carbonyl (C=O) groups excluding carboxylic acids is 2. The maximum absolute atomic E-state index is 12.6. The second kappa shape index (κ2) is 7.68. The van der Waals surface area contributed by atoms with E-state index in [4.69, 9.17) is 7.48 Å². The maximum atomic E-state index is 12.6. The van der Waals surface area contributed by atoms with Crippen LogP contribution in [0.15, 0.2) is 48.5 Å². The predicted molar refractivity (Wildman–Crippen MR) is 116 cm³/mol. The fourth-order valence-corrected chi connectivity index (χ4v) is 6.27. The Morgan fingerprint density at radius 2 is 1.97 bits per heavy atom. The van der Waals surface area contributed by atoms with E-state index in [1.54, 1.807) is 24.3 Å². The molecule has 0 saturated heterocycles. The first-order valence-electron chi connectivity index (χ1n) is 12.3. The number of benzene rings is 2. The van der Waals surface area contributed by atoms with E-state index in [1.165, 1.54) is 11.1 Å². The average Bonchev–Trinajstić information content (AvgIpc) is 3.12. The van der Waals surface area contributed by atoms with Gasteiger partial charge in [-0.2, -0.15) is 0 Å². The van der Waals surface area contributed by atoms with E-state index in [9.17, 15) is 9.59 Å². The van der Waals surface area contributed by atoms with Crippen LogP contribution in [-0.2, 0) is 22.4 Å². The lowest BCUT2D eigenvalue weighted by Crippen LogP contribution is -2.42. The third-order valence-electron chi connectivity index (χ3n) is 7.84. The molecule has 156 valence electrons. The largest absolute Gasteiger partial charge is 0.427 e. The standard InChI is InChI=1S/C27H30O3/c1-27-16-15-22-21-11-9-20(30-26(29)14-7-18-5-3-2-4-6-18)17-19(21)8-10-23(22)24(27)12-13-25(27)28/h2-6,9,11,17,22-24H,7-8,10,12-16H2,1H3/t22-,23-,24+,27+/m1/s1/i7D,14D/t7?,14?,22-,23-,24+,27+. The summed E-state index contributed by atoms with van der Waals surface area (Å²) in [7, 11) is 0. The molecule has 30 heavy (non-hydrogen) atoms. The van der Waals surface area contributed by atoms with Gasteiger partial charge in [0.1, 0.15) is 11.5 Å². The SMILES string of the molecule is [2H]C(C(=O)Oc1ccc2c(c1)CC[C@@H]1[C@@H]2CC[C@]2(C)C(=O)CC[C@@H]12)C([2H])c1ccccc1. The third-order valence-corrected chi connectivity index (χ3v) is 7.84. The highest BCUT2D eigenvalue weighted by Crippen LogP contribution is 2.59. The Balaban J connectivity index is 1.30. The third kappa shape index (κ3) is 3.38. The van der Waals surface area contributed by atoms with Gasteiger partial charge in [0, 0.05) is 21.0 Å². The molecule has 3 aliphatic carbocycles. The minimum absolute atomic E-state index is 0.122. The lowest BCUT2D eigenvalue weighted by molar-refractivity contribution is -0.134. The Morgan fingerprint density at radius 1 is 1.13 bits per heavy atom. The predicted octanol–water partition coefficient (Wildman–Crippen LogP) is 5.65. The molecule has 0 radical (unpaired) electrons. The van der Waals surface area contributed by atoms with Crippen molar-refractivity contribution in [3.05, 3.63) is 65.2 Å². The molecule has 0 heterocycles. The van der Waals surface area contributed by atoms with E-state index in [1.807, 2.05) is 18.2 Å². The van der Waals surface area contributed by atoms with Crippen molar-refractivity contribution in [2.75, 3.05) is 0 Å². The molecule has 5 rings (SSSR count). The molecule has 6 atom stereocenters. The number of hydrogen-bond donors (Lipinski definition) is 0. The minimum atomic E-state index is -1.30. The zero-order valence-electron chi connectivity index (χ0n) is 19.5. The van der Waals surface area contributed by atoms with Crippen molar-refractivity contribution in [1.82, 2.24) is 0 Å². The van der Waals surface area contributed by atoms with Gasteiger partial charge in [0.05, 0.1) is 0 Å². The number of esters is 1. The van der Waals surface area contributed by atoms with Crippen LogP contribution >= 0.6 is 0 Å². The smallest absolute Gasteiger partial charge is 0.311 e. The van der Waals surface area contributed by atoms with Gasteiger partial charge in [-0.15, -0.1) is 0 Å². The number of aryl methyl sites for hydroxylation is 2. The summed E-state index contributed by atoms with van der Waals surface area (Å²) in [5.41, 5.74) is 3.07. The van der Waals surface area contributed by atoms with Crippen LogP contribution in [0.25, 0.3) is 0 Å². The normalized spacial score (nSPS) is 32.7. The molecule has 0 amide bonds. The molecule has 0 spiro atoms. The topological polar surface area (TPSA) is 43.4 Å². The molecule has 3 nitrogen and oxygen atoms in total. The summed E-state index contributed by atoms with van der Waals surface area (Å²) in [5.74, 6) is 1.76. The minimum Gasteiger partial charge on any atom is -0.427 e. The summed E-state index contributed by atoms with van der Waals surface area (Å²) in [5, 5.41) is 0. The fourth-order valence-electron chi connectivity index (χ4n) is 6.27. The highest BCUT2D eigenvalue weighted by atomic mass is 16.5. The molecule has 3 aliphatic rings. The lowest BCUT2D eigenvalue weighted by Gasteiger charge is -2.48. The van der Waals surface area contributed by atoms with Crippen molar-refractivity contribution in [3.8, 4) is 5.75 Å². The van der Waals surface area contributed by atoms with Gasteiger partial charge in [-0.3, -0.25) is 9.59 Å². The molecule has 2 unspecified atom stereocenters. The van der Waals surface area contributed by atoms with Gasteiger partial charge in [0.2, 0.25) is 0 Å². The van der Waals surface area contributed by atoms with Crippen LogP contribution in [0.4, 0.5) is 0 Å². The van der Waals surface area contributed by atoms with Crippen LogP contribution < -0.4 is 4.74 Å². The Morgan fingerprint density at radius 3 is 2.80 bits per heavy atom. The Hall–Kier alpha value is -2.42. The van der Waals surface area contributed by atoms with Crippen molar-refractivity contribution in [3.63, 3.8) is 0 Å². The van der Waals surface area contributed by atoms with Crippen LogP contribution in [0.2, 0.25) is 0 Å². The number of Topliss-reactive ketones (excluding diaryl/α,β-unsaturated/α-hetero) is 1.